The molecule has 1 amide bonds. The fourth-order valence-corrected chi connectivity index (χ4v) is 4.19. The van der Waals surface area contributed by atoms with Crippen LogP contribution >= 0.6 is 0 Å². The molecule has 0 bridgehead atoms. The number of benzene rings is 3. The Morgan fingerprint density at radius 3 is 2.27 bits per heavy atom. The highest BCUT2D eigenvalue weighted by atomic mass is 16.5. The lowest BCUT2D eigenvalue weighted by Gasteiger charge is -2.26. The summed E-state index contributed by atoms with van der Waals surface area (Å²) in [5, 5.41) is 11.3. The number of aliphatic hydroxyl groups is 1. The molecule has 1 atom stereocenters. The number of ketones is 1. The van der Waals surface area contributed by atoms with Crippen LogP contribution in [0.3, 0.4) is 0 Å². The van der Waals surface area contributed by atoms with Crippen molar-refractivity contribution in [3.05, 3.63) is 101 Å². The largest absolute Gasteiger partial charge is 0.507 e. The molecule has 1 fully saturated rings. The molecule has 0 spiro atoms. The van der Waals surface area contributed by atoms with Crippen LogP contribution in [0.4, 0.5) is 0 Å². The van der Waals surface area contributed by atoms with Crippen LogP contribution in [-0.4, -0.2) is 35.9 Å². The highest BCUT2D eigenvalue weighted by Gasteiger charge is 2.46. The molecule has 0 saturated carbocycles. The van der Waals surface area contributed by atoms with Gasteiger partial charge in [-0.3, -0.25) is 9.59 Å². The first-order valence-corrected chi connectivity index (χ1v) is 10.6. The average molecular weight is 443 g/mol. The molecule has 1 heterocycles. The van der Waals surface area contributed by atoms with Gasteiger partial charge in [-0.1, -0.05) is 60.2 Å². The van der Waals surface area contributed by atoms with E-state index < -0.39 is 17.7 Å². The van der Waals surface area contributed by atoms with E-state index in [0.717, 1.165) is 16.7 Å². The van der Waals surface area contributed by atoms with E-state index in [1.54, 1.807) is 25.3 Å². The van der Waals surface area contributed by atoms with Gasteiger partial charge in [-0.15, -0.1) is 0 Å². The number of rotatable bonds is 6. The molecule has 1 aliphatic rings. The van der Waals surface area contributed by atoms with Crippen LogP contribution < -0.4 is 9.47 Å². The summed E-state index contributed by atoms with van der Waals surface area (Å²) in [6, 6.07) is 21.1. The van der Waals surface area contributed by atoms with Crippen molar-refractivity contribution < 1.29 is 24.2 Å². The Balaban J connectivity index is 1.90. The number of methoxy groups -OCH3 is 2. The van der Waals surface area contributed by atoms with E-state index in [9.17, 15) is 14.7 Å². The van der Waals surface area contributed by atoms with Gasteiger partial charge in [-0.25, -0.2) is 0 Å². The summed E-state index contributed by atoms with van der Waals surface area (Å²) in [6.07, 6.45) is 0. The van der Waals surface area contributed by atoms with E-state index in [1.165, 1.54) is 12.0 Å². The maximum atomic E-state index is 13.3. The smallest absolute Gasteiger partial charge is 0.295 e. The first kappa shape index (κ1) is 22.1. The standard InChI is InChI=1S/C27H25NO5/c1-17-13-14-22(33-3)20(15-17)25(29)23-24(18-9-5-4-6-10-18)28(27(31)26(23)30)16-19-11-7-8-12-21(19)32-2/h4-15,24,29H,16H2,1-3H3/b25-23+. The Bertz CT molecular complexity index is 1230. The molecule has 3 aromatic rings. The molecule has 6 nitrogen and oxygen atoms in total. The van der Waals surface area contributed by atoms with Crippen LogP contribution in [0.2, 0.25) is 0 Å². The molecule has 0 radical (unpaired) electrons. The van der Waals surface area contributed by atoms with Crippen molar-refractivity contribution in [2.75, 3.05) is 14.2 Å². The second kappa shape index (κ2) is 9.20. The molecule has 1 aliphatic heterocycles. The number of hydrogen-bond acceptors (Lipinski definition) is 5. The van der Waals surface area contributed by atoms with Crippen molar-refractivity contribution in [3.8, 4) is 11.5 Å². The Morgan fingerprint density at radius 1 is 0.909 bits per heavy atom. The van der Waals surface area contributed by atoms with E-state index >= 15 is 0 Å². The molecular formula is C27H25NO5. The van der Waals surface area contributed by atoms with Crippen LogP contribution in [-0.2, 0) is 16.1 Å². The SMILES string of the molecule is COc1ccccc1CN1C(=O)C(=O)/C(=C(/O)c2cc(C)ccc2OC)C1c1ccccc1. The Morgan fingerprint density at radius 2 is 1.58 bits per heavy atom. The van der Waals surface area contributed by atoms with E-state index in [1.807, 2.05) is 61.5 Å². The van der Waals surface area contributed by atoms with Gasteiger partial charge in [0, 0.05) is 5.56 Å². The third-order valence-electron chi connectivity index (χ3n) is 5.80. The molecule has 6 heteroatoms. The van der Waals surface area contributed by atoms with Crippen molar-refractivity contribution >= 4 is 17.4 Å². The van der Waals surface area contributed by atoms with Crippen LogP contribution in [0.25, 0.3) is 5.76 Å². The third-order valence-corrected chi connectivity index (χ3v) is 5.80. The van der Waals surface area contributed by atoms with Crippen molar-refractivity contribution in [2.24, 2.45) is 0 Å². The van der Waals surface area contributed by atoms with Gasteiger partial charge in [0.05, 0.1) is 37.9 Å². The summed E-state index contributed by atoms with van der Waals surface area (Å²) < 4.78 is 10.9. The lowest BCUT2D eigenvalue weighted by atomic mass is 9.94. The summed E-state index contributed by atoms with van der Waals surface area (Å²) in [5.41, 5.74) is 2.77. The van der Waals surface area contributed by atoms with Gasteiger partial charge < -0.3 is 19.5 Å². The van der Waals surface area contributed by atoms with Gasteiger partial charge in [0.2, 0.25) is 0 Å². The molecule has 0 aromatic heterocycles. The number of aryl methyl sites for hydroxylation is 1. The maximum absolute atomic E-state index is 13.3. The number of hydrogen-bond donors (Lipinski definition) is 1. The molecular weight excluding hydrogens is 418 g/mol. The first-order chi connectivity index (χ1) is 16.0. The Kier molecular flexibility index (Phi) is 6.18. The monoisotopic (exact) mass is 443 g/mol. The molecule has 0 aliphatic carbocycles. The number of carbonyl (C=O) groups is 2. The van der Waals surface area contributed by atoms with E-state index in [-0.39, 0.29) is 17.9 Å². The predicted molar refractivity (Wildman–Crippen MR) is 125 cm³/mol. The van der Waals surface area contributed by atoms with E-state index in [4.69, 9.17) is 9.47 Å². The topological polar surface area (TPSA) is 76.1 Å². The highest BCUT2D eigenvalue weighted by molar-refractivity contribution is 6.46. The number of para-hydroxylation sites is 1. The van der Waals surface area contributed by atoms with E-state index in [0.29, 0.717) is 17.1 Å². The Hall–Kier alpha value is -4.06. The molecule has 1 N–H and O–H groups in total. The van der Waals surface area contributed by atoms with Crippen molar-refractivity contribution in [2.45, 2.75) is 19.5 Å². The number of ether oxygens (including phenoxy) is 2. The number of Topliss-reactive ketones (excluding diaryl/α,β-unsaturated/α-hetero) is 1. The minimum Gasteiger partial charge on any atom is -0.507 e. The molecule has 4 rings (SSSR count). The quantitative estimate of drug-likeness (QED) is 0.341. The predicted octanol–water partition coefficient (Wildman–Crippen LogP) is 4.63. The summed E-state index contributed by atoms with van der Waals surface area (Å²) >= 11 is 0. The van der Waals surface area contributed by atoms with Gasteiger partial charge in [0.1, 0.15) is 17.3 Å². The summed E-state index contributed by atoms with van der Waals surface area (Å²) in [5.74, 6) is -0.638. The summed E-state index contributed by atoms with van der Waals surface area (Å²) in [4.78, 5) is 28.0. The van der Waals surface area contributed by atoms with Crippen LogP contribution in [0.15, 0.2) is 78.4 Å². The number of carbonyl (C=O) groups excluding carboxylic acids is 2. The maximum Gasteiger partial charge on any atom is 0.295 e. The summed E-state index contributed by atoms with van der Waals surface area (Å²) in [6.45, 7) is 2.03. The minimum atomic E-state index is -0.763. The first-order valence-electron chi connectivity index (χ1n) is 10.6. The van der Waals surface area contributed by atoms with Gasteiger partial charge in [-0.05, 0) is 30.7 Å². The van der Waals surface area contributed by atoms with Crippen molar-refractivity contribution in [1.29, 1.82) is 0 Å². The zero-order chi connectivity index (χ0) is 23.5. The fraction of sp³-hybridized carbons (Fsp3) is 0.185. The Labute approximate surface area is 192 Å². The number of amides is 1. The van der Waals surface area contributed by atoms with Gasteiger partial charge in [-0.2, -0.15) is 0 Å². The fourth-order valence-electron chi connectivity index (χ4n) is 4.19. The van der Waals surface area contributed by atoms with Crippen LogP contribution in [0, 0.1) is 6.92 Å². The summed E-state index contributed by atoms with van der Waals surface area (Å²) in [7, 11) is 3.06. The number of aliphatic hydroxyl groups excluding tert-OH is 1. The normalized spacial score (nSPS) is 17.3. The molecule has 168 valence electrons. The number of nitrogens with zero attached hydrogens (tertiary/aromatic N) is 1. The second-order valence-electron chi connectivity index (χ2n) is 7.85. The van der Waals surface area contributed by atoms with E-state index in [2.05, 4.69) is 0 Å². The molecule has 1 saturated heterocycles. The van der Waals surface area contributed by atoms with Crippen LogP contribution in [0.1, 0.15) is 28.3 Å². The van der Waals surface area contributed by atoms with Gasteiger partial charge in [0.25, 0.3) is 11.7 Å². The van der Waals surface area contributed by atoms with Crippen molar-refractivity contribution in [1.82, 2.24) is 4.90 Å². The third kappa shape index (κ3) is 4.07. The van der Waals surface area contributed by atoms with Gasteiger partial charge >= 0.3 is 0 Å². The highest BCUT2D eigenvalue weighted by Crippen LogP contribution is 2.42. The average Bonchev–Trinajstić information content (AvgIpc) is 3.09. The minimum absolute atomic E-state index is 0.0324. The zero-order valence-corrected chi connectivity index (χ0v) is 18.7. The lowest BCUT2D eigenvalue weighted by Crippen LogP contribution is -2.29. The van der Waals surface area contributed by atoms with Gasteiger partial charge in [0.15, 0.2) is 0 Å². The zero-order valence-electron chi connectivity index (χ0n) is 18.7. The molecule has 3 aromatic carbocycles. The molecule has 1 unspecified atom stereocenters. The lowest BCUT2D eigenvalue weighted by molar-refractivity contribution is -0.140. The second-order valence-corrected chi connectivity index (χ2v) is 7.85. The molecule has 33 heavy (non-hydrogen) atoms. The van der Waals surface area contributed by atoms with Crippen molar-refractivity contribution in [3.63, 3.8) is 0 Å². The number of likely N-dealkylation sites (tertiary alicyclic amines) is 1. The van der Waals surface area contributed by atoms with Crippen LogP contribution in [0.5, 0.6) is 11.5 Å².